The largest absolute Gasteiger partial charge is 0.466 e. The van der Waals surface area contributed by atoms with E-state index in [1.165, 1.54) is 7.11 Å². The van der Waals surface area contributed by atoms with E-state index in [4.69, 9.17) is 0 Å². The molecule has 2 unspecified atom stereocenters. The van der Waals surface area contributed by atoms with Gasteiger partial charge in [0.1, 0.15) is 0 Å². The molecule has 0 radical (unpaired) electrons. The van der Waals surface area contributed by atoms with Crippen molar-refractivity contribution in [2.24, 2.45) is 0 Å². The van der Waals surface area contributed by atoms with E-state index in [0.717, 1.165) is 18.4 Å². The van der Waals surface area contributed by atoms with Crippen molar-refractivity contribution in [2.75, 3.05) is 7.11 Å². The maximum absolute atomic E-state index is 11.0. The van der Waals surface area contributed by atoms with E-state index >= 15 is 0 Å². The first kappa shape index (κ1) is 6.85. The molecule has 2 atom stereocenters. The molecular weight excluding hydrogens is 142 g/mol. The first-order valence-corrected chi connectivity index (χ1v) is 3.84. The Morgan fingerprint density at radius 2 is 2.55 bits per heavy atom. The van der Waals surface area contributed by atoms with Gasteiger partial charge in [-0.3, -0.25) is 0 Å². The Labute approximate surface area is 65.4 Å². The number of hydrogen-bond acceptors (Lipinski definition) is 3. The van der Waals surface area contributed by atoms with Crippen LogP contribution < -0.4 is 5.32 Å². The molecule has 0 saturated carbocycles. The fourth-order valence-electron chi connectivity index (χ4n) is 1.54. The molecule has 2 rings (SSSR count). The molecule has 0 amide bonds. The van der Waals surface area contributed by atoms with E-state index in [-0.39, 0.29) is 5.97 Å². The highest BCUT2D eigenvalue weighted by Crippen LogP contribution is 2.28. The quantitative estimate of drug-likeness (QED) is 0.433. The van der Waals surface area contributed by atoms with Crippen LogP contribution in [0, 0.1) is 0 Å². The topological polar surface area (TPSA) is 48.2 Å². The number of fused-ring (bicyclic) bond motifs is 1. The Morgan fingerprint density at radius 1 is 1.73 bits per heavy atom. The van der Waals surface area contributed by atoms with Gasteiger partial charge in [-0.1, -0.05) is 6.08 Å². The Morgan fingerprint density at radius 3 is 3.18 bits per heavy atom. The summed E-state index contributed by atoms with van der Waals surface area (Å²) >= 11 is 0. The van der Waals surface area contributed by atoms with Gasteiger partial charge in [0, 0.05) is 17.7 Å². The lowest BCUT2D eigenvalue weighted by molar-refractivity contribution is -0.136. The second-order valence-corrected chi connectivity index (χ2v) is 3.04. The number of esters is 1. The smallest absolute Gasteiger partial charge is 0.333 e. The maximum atomic E-state index is 11.0. The predicted octanol–water partition coefficient (Wildman–Crippen LogP) is 0.220. The molecule has 0 aromatic heterocycles. The van der Waals surface area contributed by atoms with Crippen LogP contribution in [0.3, 0.4) is 0 Å². The van der Waals surface area contributed by atoms with Gasteiger partial charge in [-0.25, -0.2) is 4.79 Å². The van der Waals surface area contributed by atoms with Crippen molar-refractivity contribution in [2.45, 2.75) is 24.9 Å². The molecule has 3 nitrogen and oxygen atoms in total. The van der Waals surface area contributed by atoms with Crippen LogP contribution in [0.2, 0.25) is 0 Å². The van der Waals surface area contributed by atoms with Gasteiger partial charge in [-0.2, -0.15) is 0 Å². The number of hydrogen-bond donors (Lipinski definition) is 1. The van der Waals surface area contributed by atoms with Crippen LogP contribution in [-0.2, 0) is 9.53 Å². The van der Waals surface area contributed by atoms with Crippen molar-refractivity contribution in [3.8, 4) is 0 Å². The standard InChI is InChI=1S/C8H11NO2/c1-11-8(10)5-2-3-6-7(4-5)9-6/h2,6-7,9H,3-4H2,1H3. The highest BCUT2D eigenvalue weighted by atomic mass is 16.5. The highest BCUT2D eigenvalue weighted by Gasteiger charge is 2.39. The fraction of sp³-hybridized carbons (Fsp3) is 0.625. The number of methoxy groups -OCH3 is 1. The summed E-state index contributed by atoms with van der Waals surface area (Å²) in [5.74, 6) is -0.169. The van der Waals surface area contributed by atoms with Gasteiger partial charge in [0.25, 0.3) is 0 Å². The summed E-state index contributed by atoms with van der Waals surface area (Å²) in [4.78, 5) is 11.0. The second-order valence-electron chi connectivity index (χ2n) is 3.04. The zero-order chi connectivity index (χ0) is 7.84. The van der Waals surface area contributed by atoms with Crippen molar-refractivity contribution in [3.05, 3.63) is 11.6 Å². The van der Waals surface area contributed by atoms with E-state index in [0.29, 0.717) is 12.1 Å². The van der Waals surface area contributed by atoms with Crippen molar-refractivity contribution >= 4 is 5.97 Å². The minimum Gasteiger partial charge on any atom is -0.466 e. The summed E-state index contributed by atoms with van der Waals surface area (Å²) in [6, 6.07) is 1.19. The minimum absolute atomic E-state index is 0.169. The second kappa shape index (κ2) is 2.34. The molecule has 0 aromatic carbocycles. The molecule has 1 saturated heterocycles. The van der Waals surface area contributed by atoms with Crippen LogP contribution >= 0.6 is 0 Å². The molecule has 0 spiro atoms. The molecule has 1 N–H and O–H groups in total. The van der Waals surface area contributed by atoms with Crippen LogP contribution in [0.15, 0.2) is 11.6 Å². The van der Waals surface area contributed by atoms with Crippen molar-refractivity contribution < 1.29 is 9.53 Å². The Balaban J connectivity index is 2.03. The summed E-state index contributed by atoms with van der Waals surface area (Å²) in [6.45, 7) is 0. The molecule has 60 valence electrons. The lowest BCUT2D eigenvalue weighted by atomic mass is 10.00. The summed E-state index contributed by atoms with van der Waals surface area (Å²) in [5.41, 5.74) is 0.832. The van der Waals surface area contributed by atoms with Gasteiger partial charge in [-0.15, -0.1) is 0 Å². The van der Waals surface area contributed by atoms with E-state index in [1.807, 2.05) is 6.08 Å². The van der Waals surface area contributed by atoms with Crippen molar-refractivity contribution in [1.29, 1.82) is 0 Å². The SMILES string of the molecule is COC(=O)C1=CCC2NC2C1. The van der Waals surface area contributed by atoms with Crippen LogP contribution in [-0.4, -0.2) is 25.2 Å². The molecule has 1 fully saturated rings. The minimum atomic E-state index is -0.169. The van der Waals surface area contributed by atoms with Crippen molar-refractivity contribution in [1.82, 2.24) is 5.32 Å². The first-order chi connectivity index (χ1) is 5.31. The first-order valence-electron chi connectivity index (χ1n) is 3.84. The monoisotopic (exact) mass is 153 g/mol. The average Bonchev–Trinajstić information content (AvgIpc) is 2.80. The lowest BCUT2D eigenvalue weighted by Crippen LogP contribution is -2.11. The third kappa shape index (κ3) is 1.16. The molecule has 3 heteroatoms. The third-order valence-corrected chi connectivity index (χ3v) is 2.31. The zero-order valence-electron chi connectivity index (χ0n) is 6.46. The van der Waals surface area contributed by atoms with Gasteiger partial charge in [0.15, 0.2) is 0 Å². The molecule has 0 aromatic rings. The number of carbonyl (C=O) groups excluding carboxylic acids is 1. The van der Waals surface area contributed by atoms with E-state index in [2.05, 4.69) is 10.1 Å². The Hall–Kier alpha value is -0.830. The number of ether oxygens (including phenoxy) is 1. The van der Waals surface area contributed by atoms with E-state index in [1.54, 1.807) is 0 Å². The van der Waals surface area contributed by atoms with Gasteiger partial charge >= 0.3 is 5.97 Å². The van der Waals surface area contributed by atoms with Gasteiger partial charge in [0.05, 0.1) is 7.11 Å². The molecule has 1 aliphatic heterocycles. The Bertz CT molecular complexity index is 222. The predicted molar refractivity (Wildman–Crippen MR) is 40.0 cm³/mol. The van der Waals surface area contributed by atoms with Crippen LogP contribution in [0.4, 0.5) is 0 Å². The normalized spacial score (nSPS) is 33.7. The maximum Gasteiger partial charge on any atom is 0.333 e. The van der Waals surface area contributed by atoms with Gasteiger partial charge in [-0.05, 0) is 12.8 Å². The average molecular weight is 153 g/mol. The third-order valence-electron chi connectivity index (χ3n) is 2.31. The number of nitrogens with one attached hydrogen (secondary N) is 1. The summed E-state index contributed by atoms with van der Waals surface area (Å²) < 4.78 is 4.62. The van der Waals surface area contributed by atoms with E-state index in [9.17, 15) is 4.79 Å². The Kier molecular flexibility index (Phi) is 1.46. The lowest BCUT2D eigenvalue weighted by Gasteiger charge is -2.07. The number of carbonyl (C=O) groups is 1. The van der Waals surface area contributed by atoms with Gasteiger partial charge in [0.2, 0.25) is 0 Å². The van der Waals surface area contributed by atoms with Crippen LogP contribution in [0.5, 0.6) is 0 Å². The van der Waals surface area contributed by atoms with Crippen molar-refractivity contribution in [3.63, 3.8) is 0 Å². The summed E-state index contributed by atoms with van der Waals surface area (Å²) in [5, 5.41) is 3.28. The number of rotatable bonds is 1. The van der Waals surface area contributed by atoms with Crippen LogP contribution in [0.25, 0.3) is 0 Å². The molecule has 0 bridgehead atoms. The highest BCUT2D eigenvalue weighted by molar-refractivity contribution is 5.88. The molecule has 1 aliphatic carbocycles. The van der Waals surface area contributed by atoms with Gasteiger partial charge < -0.3 is 10.1 Å². The molecule has 2 aliphatic rings. The fourth-order valence-corrected chi connectivity index (χ4v) is 1.54. The molecular formula is C8H11NO2. The summed E-state index contributed by atoms with van der Waals surface area (Å²) in [7, 11) is 1.43. The van der Waals surface area contributed by atoms with E-state index < -0.39 is 0 Å². The van der Waals surface area contributed by atoms with Crippen LogP contribution in [0.1, 0.15) is 12.8 Å². The molecule has 1 heterocycles. The molecule has 11 heavy (non-hydrogen) atoms. The zero-order valence-corrected chi connectivity index (χ0v) is 6.46. The summed E-state index contributed by atoms with van der Waals surface area (Å²) in [6.07, 6.45) is 3.80.